The van der Waals surface area contributed by atoms with E-state index in [9.17, 15) is 22.8 Å². The summed E-state index contributed by atoms with van der Waals surface area (Å²) in [4.78, 5) is 29.2. The van der Waals surface area contributed by atoms with Crippen LogP contribution in [0.4, 0.5) is 13.2 Å². The third-order valence-corrected chi connectivity index (χ3v) is 5.43. The van der Waals surface area contributed by atoms with Crippen LogP contribution in [-0.4, -0.2) is 49.7 Å². The van der Waals surface area contributed by atoms with Crippen LogP contribution in [0.5, 0.6) is 0 Å². The summed E-state index contributed by atoms with van der Waals surface area (Å²) in [5.41, 5.74) is -0.783. The number of carboxylic acids is 1. The Balaban J connectivity index is 1.68. The molecule has 0 radical (unpaired) electrons. The molecule has 2 aromatic rings. The molecular formula is C16H17F3N4O3S. The molecule has 7 nitrogen and oxygen atoms in total. The lowest BCUT2D eigenvalue weighted by atomic mass is 9.98. The van der Waals surface area contributed by atoms with E-state index < -0.39 is 17.8 Å². The number of carbonyl (C=O) groups excluding carboxylic acids is 1. The number of carbonyl (C=O) groups is 2. The Hall–Kier alpha value is -2.43. The highest BCUT2D eigenvalue weighted by molar-refractivity contribution is 7.09. The molecule has 1 unspecified atom stereocenters. The number of likely N-dealkylation sites (tertiary alicyclic amines) is 1. The van der Waals surface area contributed by atoms with Crippen LogP contribution < -0.4 is 0 Å². The summed E-state index contributed by atoms with van der Waals surface area (Å²) in [6, 6.07) is 0.912. The smallest absolute Gasteiger partial charge is 0.435 e. The lowest BCUT2D eigenvalue weighted by molar-refractivity contribution is -0.142. The molecule has 1 saturated heterocycles. The van der Waals surface area contributed by atoms with E-state index >= 15 is 0 Å². The molecule has 146 valence electrons. The van der Waals surface area contributed by atoms with Crippen molar-refractivity contribution in [3.8, 4) is 0 Å². The number of amides is 1. The van der Waals surface area contributed by atoms with Gasteiger partial charge in [-0.1, -0.05) is 0 Å². The number of thiazole rings is 1. The van der Waals surface area contributed by atoms with Gasteiger partial charge < -0.3 is 10.0 Å². The van der Waals surface area contributed by atoms with Crippen LogP contribution in [0, 0.1) is 6.92 Å². The summed E-state index contributed by atoms with van der Waals surface area (Å²) in [6.45, 7) is 2.06. The highest BCUT2D eigenvalue weighted by atomic mass is 32.1. The van der Waals surface area contributed by atoms with Gasteiger partial charge in [0, 0.05) is 30.1 Å². The second kappa shape index (κ2) is 7.29. The van der Waals surface area contributed by atoms with Gasteiger partial charge in [0.05, 0.1) is 5.01 Å². The van der Waals surface area contributed by atoms with Crippen molar-refractivity contribution < 1.29 is 27.9 Å². The van der Waals surface area contributed by atoms with Crippen molar-refractivity contribution in [3.63, 3.8) is 0 Å². The Kier molecular flexibility index (Phi) is 5.22. The lowest BCUT2D eigenvalue weighted by Gasteiger charge is -2.32. The number of hydrogen-bond donors (Lipinski definition) is 1. The zero-order valence-corrected chi connectivity index (χ0v) is 15.2. The number of aromatic nitrogens is 3. The number of nitrogens with zero attached hydrogens (tertiary/aromatic N) is 4. The van der Waals surface area contributed by atoms with Gasteiger partial charge in [0.1, 0.15) is 6.54 Å². The van der Waals surface area contributed by atoms with E-state index in [0.29, 0.717) is 24.5 Å². The first kappa shape index (κ1) is 19.3. The third kappa shape index (κ3) is 4.29. The summed E-state index contributed by atoms with van der Waals surface area (Å²) in [7, 11) is 0. The molecule has 1 N–H and O–H groups in total. The van der Waals surface area contributed by atoms with E-state index in [4.69, 9.17) is 5.11 Å². The van der Waals surface area contributed by atoms with E-state index in [-0.39, 0.29) is 29.8 Å². The van der Waals surface area contributed by atoms with Crippen molar-refractivity contribution in [2.24, 2.45) is 0 Å². The molecule has 0 spiro atoms. The summed E-state index contributed by atoms with van der Waals surface area (Å²) >= 11 is 1.24. The van der Waals surface area contributed by atoms with Crippen molar-refractivity contribution in [3.05, 3.63) is 33.5 Å². The Labute approximate surface area is 156 Å². The van der Waals surface area contributed by atoms with E-state index in [0.717, 1.165) is 17.2 Å². The van der Waals surface area contributed by atoms with Gasteiger partial charge in [-0.05, 0) is 25.8 Å². The predicted molar refractivity (Wildman–Crippen MR) is 89.6 cm³/mol. The largest absolute Gasteiger partial charge is 0.476 e. The van der Waals surface area contributed by atoms with Crippen LogP contribution in [0.25, 0.3) is 0 Å². The maximum Gasteiger partial charge on any atom is 0.435 e. The average Bonchev–Trinajstić information content (AvgIpc) is 3.22. The van der Waals surface area contributed by atoms with Gasteiger partial charge in [-0.25, -0.2) is 9.78 Å². The van der Waals surface area contributed by atoms with E-state index in [2.05, 4.69) is 10.1 Å². The molecule has 1 aliphatic heterocycles. The number of carboxylic acid groups (broad SMARTS) is 1. The van der Waals surface area contributed by atoms with Crippen molar-refractivity contribution in [1.29, 1.82) is 0 Å². The molecule has 0 bridgehead atoms. The van der Waals surface area contributed by atoms with Gasteiger partial charge in [0.25, 0.3) is 0 Å². The molecule has 3 rings (SSSR count). The highest BCUT2D eigenvalue weighted by Gasteiger charge is 2.35. The molecule has 1 aliphatic rings. The topological polar surface area (TPSA) is 88.3 Å². The van der Waals surface area contributed by atoms with Gasteiger partial charge >= 0.3 is 12.1 Å². The summed E-state index contributed by atoms with van der Waals surface area (Å²) in [5.74, 6) is -1.50. The van der Waals surface area contributed by atoms with Crippen molar-refractivity contribution >= 4 is 23.2 Å². The lowest BCUT2D eigenvalue weighted by Crippen LogP contribution is -2.41. The van der Waals surface area contributed by atoms with Crippen LogP contribution >= 0.6 is 11.3 Å². The number of hydrogen-bond acceptors (Lipinski definition) is 5. The zero-order chi connectivity index (χ0) is 19.8. The highest BCUT2D eigenvalue weighted by Crippen LogP contribution is 2.30. The summed E-state index contributed by atoms with van der Waals surface area (Å²) in [6.07, 6.45) is -3.07. The second-order valence-electron chi connectivity index (χ2n) is 6.38. The second-order valence-corrected chi connectivity index (χ2v) is 7.27. The first-order valence-electron chi connectivity index (χ1n) is 8.23. The number of rotatable bonds is 4. The van der Waals surface area contributed by atoms with E-state index in [1.165, 1.54) is 23.6 Å². The standard InChI is InChI=1S/C16H17F3N4O3S/c1-9-5-12(16(17,18)19)21-23(9)7-13(24)22-4-2-3-10(6-22)14-20-11(8-27-14)15(25)26/h5,8,10H,2-4,6-7H2,1H3,(H,25,26). The first-order valence-corrected chi connectivity index (χ1v) is 9.11. The van der Waals surface area contributed by atoms with Crippen LogP contribution in [0.2, 0.25) is 0 Å². The fraction of sp³-hybridized carbons (Fsp3) is 0.500. The molecule has 1 amide bonds. The normalized spacial score (nSPS) is 17.9. The van der Waals surface area contributed by atoms with E-state index in [1.54, 1.807) is 4.90 Å². The quantitative estimate of drug-likeness (QED) is 0.850. The van der Waals surface area contributed by atoms with Crippen LogP contribution in [0.3, 0.4) is 0 Å². The van der Waals surface area contributed by atoms with Gasteiger partial charge in [-0.2, -0.15) is 18.3 Å². The van der Waals surface area contributed by atoms with Gasteiger partial charge in [0.2, 0.25) is 5.91 Å². The van der Waals surface area contributed by atoms with E-state index in [1.807, 2.05) is 0 Å². The number of halogens is 3. The average molecular weight is 402 g/mol. The summed E-state index contributed by atoms with van der Waals surface area (Å²) < 4.78 is 39.3. The van der Waals surface area contributed by atoms with Gasteiger partial charge in [0.15, 0.2) is 11.4 Å². The SMILES string of the molecule is Cc1cc(C(F)(F)F)nn1CC(=O)N1CCCC(c2nc(C(=O)O)cs2)C1. The monoisotopic (exact) mass is 402 g/mol. The Morgan fingerprint density at radius 2 is 2.15 bits per heavy atom. The van der Waals surface area contributed by atoms with Crippen LogP contribution in [0.1, 0.15) is 45.6 Å². The number of alkyl halides is 3. The van der Waals surface area contributed by atoms with Gasteiger partial charge in [-0.15, -0.1) is 11.3 Å². The molecule has 11 heteroatoms. The number of piperidine rings is 1. The van der Waals surface area contributed by atoms with Crippen LogP contribution in [-0.2, 0) is 17.5 Å². The first-order chi connectivity index (χ1) is 12.6. The Morgan fingerprint density at radius 1 is 1.41 bits per heavy atom. The molecule has 27 heavy (non-hydrogen) atoms. The zero-order valence-electron chi connectivity index (χ0n) is 14.4. The van der Waals surface area contributed by atoms with Crippen LogP contribution in [0.15, 0.2) is 11.4 Å². The molecule has 0 saturated carbocycles. The Bertz CT molecular complexity index is 861. The maximum absolute atomic E-state index is 12.8. The fourth-order valence-electron chi connectivity index (χ4n) is 3.02. The minimum Gasteiger partial charge on any atom is -0.476 e. The third-order valence-electron chi connectivity index (χ3n) is 4.42. The fourth-order valence-corrected chi connectivity index (χ4v) is 3.94. The molecule has 2 aromatic heterocycles. The summed E-state index contributed by atoms with van der Waals surface area (Å²) in [5, 5.41) is 14.6. The predicted octanol–water partition coefficient (Wildman–Crippen LogP) is 2.77. The van der Waals surface area contributed by atoms with Crippen molar-refractivity contribution in [2.45, 2.75) is 38.4 Å². The minimum atomic E-state index is -4.55. The molecule has 0 aliphatic carbocycles. The van der Waals surface area contributed by atoms with Crippen molar-refractivity contribution in [2.75, 3.05) is 13.1 Å². The molecule has 3 heterocycles. The minimum absolute atomic E-state index is 0.0229. The number of aryl methyl sites for hydroxylation is 1. The van der Waals surface area contributed by atoms with Gasteiger partial charge in [-0.3, -0.25) is 9.48 Å². The molecule has 1 fully saturated rings. The Morgan fingerprint density at radius 3 is 2.74 bits per heavy atom. The number of aromatic carboxylic acids is 1. The molecule has 1 atom stereocenters. The molecule has 0 aromatic carbocycles. The van der Waals surface area contributed by atoms with Crippen molar-refractivity contribution in [1.82, 2.24) is 19.7 Å². The maximum atomic E-state index is 12.8. The molecular weight excluding hydrogens is 385 g/mol.